The molecule has 0 spiro atoms. The van der Waals surface area contributed by atoms with Crippen molar-refractivity contribution in [3.05, 3.63) is 59.8 Å². The Hall–Kier alpha value is -2.43. The fourth-order valence-corrected chi connectivity index (χ4v) is 2.03. The summed E-state index contributed by atoms with van der Waals surface area (Å²) in [7, 11) is 0. The Kier molecular flexibility index (Phi) is 4.75. The van der Waals surface area contributed by atoms with Crippen molar-refractivity contribution in [2.45, 2.75) is 6.92 Å². The fraction of sp³-hybridized carbons (Fsp3) is 0.0769. The highest BCUT2D eigenvalue weighted by Crippen LogP contribution is 2.08. The van der Waals surface area contributed by atoms with Crippen LogP contribution in [0.2, 0.25) is 0 Å². The van der Waals surface area contributed by atoms with E-state index in [1.807, 2.05) is 9.97 Å². The van der Waals surface area contributed by atoms with Crippen LogP contribution in [0.5, 0.6) is 5.88 Å². The molecule has 0 atom stereocenters. The number of aromatic hydroxyl groups is 1. The number of aromatic nitrogens is 2. The van der Waals surface area contributed by atoms with Crippen LogP contribution in [0.1, 0.15) is 22.8 Å². The van der Waals surface area contributed by atoms with Gasteiger partial charge in [-0.3, -0.25) is 19.6 Å². The zero-order valence-electron chi connectivity index (χ0n) is 11.3. The van der Waals surface area contributed by atoms with E-state index in [1.54, 1.807) is 24.3 Å². The number of nitrogens with zero attached hydrogens (tertiary/aromatic N) is 1. The van der Waals surface area contributed by atoms with Crippen LogP contribution in [-0.2, 0) is 0 Å². The van der Waals surface area contributed by atoms with Crippen molar-refractivity contribution >= 4 is 34.2 Å². The van der Waals surface area contributed by atoms with Crippen molar-refractivity contribution < 1.29 is 9.90 Å². The fourth-order valence-electron chi connectivity index (χ4n) is 1.67. The smallest absolute Gasteiger partial charge is 0.328 e. The normalized spacial score (nSPS) is 11.3. The molecule has 1 heterocycles. The zero-order chi connectivity index (χ0) is 16.3. The number of rotatable bonds is 3. The average Bonchev–Trinajstić information content (AvgIpc) is 2.44. The molecule has 0 fully saturated rings. The van der Waals surface area contributed by atoms with Crippen molar-refractivity contribution in [1.29, 1.82) is 0 Å². The monoisotopic (exact) mass is 414 g/mol. The van der Waals surface area contributed by atoms with E-state index in [0.717, 1.165) is 3.57 Å². The highest BCUT2D eigenvalue weighted by molar-refractivity contribution is 14.1. The molecule has 0 unspecified atom stereocenters. The number of halogens is 1. The number of amides is 1. The zero-order valence-corrected chi connectivity index (χ0v) is 13.5. The predicted molar refractivity (Wildman–Crippen MR) is 88.2 cm³/mol. The average molecular weight is 414 g/mol. The standard InChI is InChI=1S/C13H11IN4O4/c1-6(9-11(20)15-13(22)16-12(9)21)17-18-10(19)7-2-4-8(14)5-3-7/h2-5H,1H3,(H,18,19)(H3,15,16,20,21,22). The SMILES string of the molecule is CC(=NNC(=O)c1ccc(I)cc1)c1c(O)[nH]c(=O)[nH]c1=O. The molecule has 0 aliphatic carbocycles. The molecule has 4 N–H and O–H groups in total. The Morgan fingerprint density at radius 3 is 2.45 bits per heavy atom. The molecule has 2 aromatic rings. The molecule has 1 aromatic heterocycles. The molecule has 2 rings (SSSR count). The van der Waals surface area contributed by atoms with Gasteiger partial charge in [-0.25, -0.2) is 10.2 Å². The van der Waals surface area contributed by atoms with Gasteiger partial charge in [-0.05, 0) is 53.8 Å². The van der Waals surface area contributed by atoms with Crippen LogP contribution >= 0.6 is 22.6 Å². The summed E-state index contributed by atoms with van der Waals surface area (Å²) >= 11 is 2.12. The molecule has 114 valence electrons. The van der Waals surface area contributed by atoms with E-state index in [1.165, 1.54) is 6.92 Å². The third kappa shape index (κ3) is 3.61. The van der Waals surface area contributed by atoms with Gasteiger partial charge in [-0.2, -0.15) is 5.10 Å². The molecule has 8 nitrogen and oxygen atoms in total. The Morgan fingerprint density at radius 1 is 1.23 bits per heavy atom. The minimum atomic E-state index is -0.832. The first-order valence-electron chi connectivity index (χ1n) is 6.04. The summed E-state index contributed by atoms with van der Waals surface area (Å²) in [6, 6.07) is 6.80. The summed E-state index contributed by atoms with van der Waals surface area (Å²) in [4.78, 5) is 38.5. The molecule has 9 heteroatoms. The summed E-state index contributed by atoms with van der Waals surface area (Å²) in [5, 5.41) is 13.3. The first-order chi connectivity index (χ1) is 10.4. The Morgan fingerprint density at radius 2 is 1.86 bits per heavy atom. The summed E-state index contributed by atoms with van der Waals surface area (Å²) in [5.41, 5.74) is 0.874. The number of benzene rings is 1. The molecule has 1 amide bonds. The molecule has 0 saturated carbocycles. The highest BCUT2D eigenvalue weighted by atomic mass is 127. The van der Waals surface area contributed by atoms with Crippen molar-refractivity contribution in [3.8, 4) is 5.88 Å². The molecule has 0 aliphatic heterocycles. The maximum Gasteiger partial charge on any atom is 0.328 e. The summed E-state index contributed by atoms with van der Waals surface area (Å²) in [5.74, 6) is -1.07. The van der Waals surface area contributed by atoms with Gasteiger partial charge in [0.15, 0.2) is 0 Å². The van der Waals surface area contributed by atoms with Gasteiger partial charge in [0, 0.05) is 9.13 Å². The van der Waals surface area contributed by atoms with Crippen LogP contribution in [0.15, 0.2) is 39.0 Å². The van der Waals surface area contributed by atoms with Crippen LogP contribution < -0.4 is 16.7 Å². The molecular formula is C13H11IN4O4. The third-order valence-corrected chi connectivity index (χ3v) is 3.44. The lowest BCUT2D eigenvalue weighted by Crippen LogP contribution is -2.28. The lowest BCUT2D eigenvalue weighted by atomic mass is 10.2. The number of carbonyl (C=O) groups is 1. The molecule has 0 bridgehead atoms. The molecule has 0 radical (unpaired) electrons. The first-order valence-corrected chi connectivity index (χ1v) is 7.12. The predicted octanol–water partition coefficient (Wildman–Crippen LogP) is 0.527. The molecule has 22 heavy (non-hydrogen) atoms. The summed E-state index contributed by atoms with van der Waals surface area (Å²) < 4.78 is 0.985. The van der Waals surface area contributed by atoms with Gasteiger partial charge in [0.2, 0.25) is 5.88 Å². The summed E-state index contributed by atoms with van der Waals surface area (Å²) in [6.45, 7) is 1.41. The van der Waals surface area contributed by atoms with Gasteiger partial charge in [-0.15, -0.1) is 0 Å². The van der Waals surface area contributed by atoms with Crippen molar-refractivity contribution in [3.63, 3.8) is 0 Å². The van der Waals surface area contributed by atoms with Gasteiger partial charge in [0.1, 0.15) is 5.56 Å². The van der Waals surface area contributed by atoms with Crippen LogP contribution in [0, 0.1) is 3.57 Å². The second kappa shape index (κ2) is 6.56. The van der Waals surface area contributed by atoms with Gasteiger partial charge in [0.05, 0.1) is 5.71 Å². The number of carbonyl (C=O) groups excluding carboxylic acids is 1. The minimum absolute atomic E-state index is 0.0499. The van der Waals surface area contributed by atoms with E-state index in [-0.39, 0.29) is 11.3 Å². The van der Waals surface area contributed by atoms with Crippen LogP contribution in [0.25, 0.3) is 0 Å². The first kappa shape index (κ1) is 15.9. The van der Waals surface area contributed by atoms with E-state index in [4.69, 9.17) is 0 Å². The van der Waals surface area contributed by atoms with Crippen LogP contribution in [0.3, 0.4) is 0 Å². The number of aromatic amines is 2. The van der Waals surface area contributed by atoms with Crippen molar-refractivity contribution in [2.24, 2.45) is 5.10 Å². The van der Waals surface area contributed by atoms with E-state index >= 15 is 0 Å². The largest absolute Gasteiger partial charge is 0.494 e. The van der Waals surface area contributed by atoms with Crippen molar-refractivity contribution in [2.75, 3.05) is 0 Å². The maximum atomic E-state index is 11.9. The van der Waals surface area contributed by atoms with Crippen LogP contribution in [0.4, 0.5) is 0 Å². The van der Waals surface area contributed by atoms with E-state index in [2.05, 4.69) is 33.1 Å². The summed E-state index contributed by atoms with van der Waals surface area (Å²) in [6.07, 6.45) is 0. The van der Waals surface area contributed by atoms with Gasteiger partial charge >= 0.3 is 5.69 Å². The van der Waals surface area contributed by atoms with Crippen molar-refractivity contribution in [1.82, 2.24) is 15.4 Å². The van der Waals surface area contributed by atoms with E-state index < -0.39 is 23.0 Å². The second-order valence-electron chi connectivity index (χ2n) is 4.28. The molecule has 0 saturated heterocycles. The number of H-pyrrole nitrogens is 2. The minimum Gasteiger partial charge on any atom is -0.494 e. The lowest BCUT2D eigenvalue weighted by Gasteiger charge is -2.04. The maximum absolute atomic E-state index is 11.9. The lowest BCUT2D eigenvalue weighted by molar-refractivity contribution is 0.0955. The van der Waals surface area contributed by atoms with Gasteiger partial charge in [0.25, 0.3) is 11.5 Å². The van der Waals surface area contributed by atoms with Gasteiger partial charge in [-0.1, -0.05) is 0 Å². The Bertz CT molecular complexity index is 852. The molecule has 0 aliphatic rings. The number of hydrazone groups is 1. The Labute approximate surface area is 137 Å². The van der Waals surface area contributed by atoms with E-state index in [9.17, 15) is 19.5 Å². The van der Waals surface area contributed by atoms with E-state index in [0.29, 0.717) is 5.56 Å². The Balaban J connectivity index is 2.23. The quantitative estimate of drug-likeness (QED) is 0.332. The molecular weight excluding hydrogens is 403 g/mol. The third-order valence-electron chi connectivity index (χ3n) is 2.72. The second-order valence-corrected chi connectivity index (χ2v) is 5.52. The highest BCUT2D eigenvalue weighted by Gasteiger charge is 2.12. The van der Waals surface area contributed by atoms with Gasteiger partial charge < -0.3 is 5.11 Å². The number of hydrogen-bond acceptors (Lipinski definition) is 5. The topological polar surface area (TPSA) is 127 Å². The molecule has 1 aromatic carbocycles. The van der Waals surface area contributed by atoms with Crippen LogP contribution in [-0.4, -0.2) is 26.7 Å². The number of nitrogens with one attached hydrogen (secondary N) is 3. The number of hydrogen-bond donors (Lipinski definition) is 4.